The highest BCUT2D eigenvalue weighted by atomic mass is 79.9. The van der Waals surface area contributed by atoms with Gasteiger partial charge in [0.15, 0.2) is 6.29 Å². The Balaban J connectivity index is 2.10. The van der Waals surface area contributed by atoms with Crippen molar-refractivity contribution >= 4 is 22.2 Å². The minimum Gasteiger partial charge on any atom is -0.497 e. The van der Waals surface area contributed by atoms with Crippen molar-refractivity contribution in [1.29, 1.82) is 0 Å². The van der Waals surface area contributed by atoms with E-state index in [1.807, 2.05) is 24.3 Å². The van der Waals surface area contributed by atoms with Gasteiger partial charge in [0.05, 0.1) is 17.1 Å². The third-order valence-electron chi connectivity index (χ3n) is 2.73. The Labute approximate surface area is 124 Å². The molecule has 0 atom stereocenters. The van der Waals surface area contributed by atoms with Crippen LogP contribution in [0.3, 0.4) is 0 Å². The molecule has 0 bridgehead atoms. The summed E-state index contributed by atoms with van der Waals surface area (Å²) in [7, 11) is 1.60. The number of hydrogen-bond donors (Lipinski definition) is 0. The lowest BCUT2D eigenvalue weighted by Gasteiger charge is -2.09. The van der Waals surface area contributed by atoms with E-state index in [0.29, 0.717) is 23.1 Å². The Hall–Kier alpha value is -1.88. The summed E-state index contributed by atoms with van der Waals surface area (Å²) in [4.78, 5) is 10.6. The first-order chi connectivity index (χ1) is 9.63. The maximum Gasteiger partial charge on any atom is 0.153 e. The van der Waals surface area contributed by atoms with Crippen molar-refractivity contribution < 1.29 is 18.7 Å². The topological polar surface area (TPSA) is 35.5 Å². The van der Waals surface area contributed by atoms with Gasteiger partial charge in [-0.05, 0) is 39.7 Å². The first-order valence-electron chi connectivity index (χ1n) is 5.84. The van der Waals surface area contributed by atoms with E-state index in [4.69, 9.17) is 9.47 Å². The number of rotatable bonds is 5. The third-order valence-corrected chi connectivity index (χ3v) is 3.35. The molecule has 0 N–H and O–H groups in total. The number of hydrogen-bond acceptors (Lipinski definition) is 3. The van der Waals surface area contributed by atoms with Crippen LogP contribution in [0.5, 0.6) is 11.5 Å². The quantitative estimate of drug-likeness (QED) is 0.773. The predicted octanol–water partition coefficient (Wildman–Crippen LogP) is 3.99. The molecular formula is C15H12BrFO3. The van der Waals surface area contributed by atoms with Gasteiger partial charge in [-0.25, -0.2) is 4.39 Å². The van der Waals surface area contributed by atoms with E-state index in [9.17, 15) is 9.18 Å². The second-order valence-corrected chi connectivity index (χ2v) is 4.91. The molecule has 0 radical (unpaired) electrons. The largest absolute Gasteiger partial charge is 0.497 e. The SMILES string of the molecule is COc1ccc(COc2cc(F)c(C=O)cc2Br)cc1. The molecule has 3 nitrogen and oxygen atoms in total. The molecule has 2 aromatic carbocycles. The van der Waals surface area contributed by atoms with Crippen LogP contribution in [0, 0.1) is 5.82 Å². The number of aldehydes is 1. The molecule has 0 amide bonds. The van der Waals surface area contributed by atoms with Gasteiger partial charge >= 0.3 is 0 Å². The molecule has 0 aliphatic rings. The Kier molecular flexibility index (Phi) is 4.74. The fraction of sp³-hybridized carbons (Fsp3) is 0.133. The maximum atomic E-state index is 13.5. The number of ether oxygens (including phenoxy) is 2. The van der Waals surface area contributed by atoms with Gasteiger partial charge in [0.2, 0.25) is 0 Å². The molecule has 0 unspecified atom stereocenters. The van der Waals surface area contributed by atoms with Crippen molar-refractivity contribution in [2.45, 2.75) is 6.61 Å². The number of benzene rings is 2. The average Bonchev–Trinajstić information content (AvgIpc) is 2.48. The van der Waals surface area contributed by atoms with Gasteiger partial charge in [-0.2, -0.15) is 0 Å². The van der Waals surface area contributed by atoms with E-state index >= 15 is 0 Å². The molecule has 0 heterocycles. The molecule has 0 aliphatic heterocycles. The number of halogens is 2. The smallest absolute Gasteiger partial charge is 0.153 e. The second-order valence-electron chi connectivity index (χ2n) is 4.06. The molecule has 0 saturated carbocycles. The van der Waals surface area contributed by atoms with Crippen molar-refractivity contribution in [2.24, 2.45) is 0 Å². The zero-order valence-electron chi connectivity index (χ0n) is 10.7. The van der Waals surface area contributed by atoms with Gasteiger partial charge in [0.1, 0.15) is 23.9 Å². The first-order valence-corrected chi connectivity index (χ1v) is 6.63. The Bertz CT molecular complexity index is 611. The Morgan fingerprint density at radius 2 is 1.95 bits per heavy atom. The van der Waals surface area contributed by atoms with E-state index in [0.717, 1.165) is 11.3 Å². The summed E-state index contributed by atoms with van der Waals surface area (Å²) in [5, 5.41) is 0. The Morgan fingerprint density at radius 3 is 2.55 bits per heavy atom. The average molecular weight is 339 g/mol. The fourth-order valence-electron chi connectivity index (χ4n) is 1.63. The van der Waals surface area contributed by atoms with Gasteiger partial charge in [-0.3, -0.25) is 4.79 Å². The van der Waals surface area contributed by atoms with Gasteiger partial charge in [0.25, 0.3) is 0 Å². The molecule has 104 valence electrons. The maximum absolute atomic E-state index is 13.5. The summed E-state index contributed by atoms with van der Waals surface area (Å²) in [6.45, 7) is 0.294. The summed E-state index contributed by atoms with van der Waals surface area (Å²) in [5.74, 6) is 0.508. The van der Waals surface area contributed by atoms with Crippen LogP contribution in [0.1, 0.15) is 15.9 Å². The summed E-state index contributed by atoms with van der Waals surface area (Å²) in [5.41, 5.74) is 0.922. The highest BCUT2D eigenvalue weighted by molar-refractivity contribution is 9.10. The standard InChI is InChI=1S/C15H12BrFO3/c1-19-12-4-2-10(3-5-12)9-20-15-7-14(17)11(8-18)6-13(15)16/h2-8H,9H2,1H3. The molecule has 2 rings (SSSR count). The number of carbonyl (C=O) groups excluding carboxylic acids is 1. The van der Waals surface area contributed by atoms with E-state index < -0.39 is 5.82 Å². The summed E-state index contributed by atoms with van der Waals surface area (Å²) in [6, 6.07) is 9.96. The van der Waals surface area contributed by atoms with Crippen molar-refractivity contribution in [1.82, 2.24) is 0 Å². The molecule has 0 fully saturated rings. The second kappa shape index (κ2) is 6.52. The van der Waals surface area contributed by atoms with Crippen molar-refractivity contribution in [2.75, 3.05) is 7.11 Å². The lowest BCUT2D eigenvalue weighted by Crippen LogP contribution is -1.98. The van der Waals surface area contributed by atoms with Crippen LogP contribution in [0.25, 0.3) is 0 Å². The van der Waals surface area contributed by atoms with Crippen molar-refractivity contribution in [3.8, 4) is 11.5 Å². The molecule has 0 aromatic heterocycles. The van der Waals surface area contributed by atoms with Crippen molar-refractivity contribution in [3.63, 3.8) is 0 Å². The van der Waals surface area contributed by atoms with Crippen LogP contribution < -0.4 is 9.47 Å². The molecule has 5 heteroatoms. The highest BCUT2D eigenvalue weighted by Gasteiger charge is 2.09. The lowest BCUT2D eigenvalue weighted by molar-refractivity contribution is 0.111. The normalized spacial score (nSPS) is 10.2. The monoisotopic (exact) mass is 338 g/mol. The van der Waals surface area contributed by atoms with Crippen LogP contribution >= 0.6 is 15.9 Å². The number of carbonyl (C=O) groups is 1. The van der Waals surface area contributed by atoms with Crippen LogP contribution in [0.4, 0.5) is 4.39 Å². The van der Waals surface area contributed by atoms with Crippen LogP contribution in [-0.2, 0) is 6.61 Å². The predicted molar refractivity (Wildman–Crippen MR) is 76.8 cm³/mol. The van der Waals surface area contributed by atoms with Gasteiger partial charge in [-0.1, -0.05) is 12.1 Å². The molecule has 2 aromatic rings. The lowest BCUT2D eigenvalue weighted by atomic mass is 10.2. The van der Waals surface area contributed by atoms with Gasteiger partial charge in [-0.15, -0.1) is 0 Å². The highest BCUT2D eigenvalue weighted by Crippen LogP contribution is 2.28. The van der Waals surface area contributed by atoms with E-state index in [-0.39, 0.29) is 5.56 Å². The third kappa shape index (κ3) is 3.36. The van der Waals surface area contributed by atoms with E-state index in [2.05, 4.69) is 15.9 Å². The van der Waals surface area contributed by atoms with Crippen LogP contribution in [0.2, 0.25) is 0 Å². The van der Waals surface area contributed by atoms with Crippen molar-refractivity contribution in [3.05, 3.63) is 57.8 Å². The van der Waals surface area contributed by atoms with E-state index in [1.54, 1.807) is 7.11 Å². The van der Waals surface area contributed by atoms with E-state index in [1.165, 1.54) is 12.1 Å². The minimum atomic E-state index is -0.604. The van der Waals surface area contributed by atoms with Gasteiger partial charge < -0.3 is 9.47 Å². The zero-order valence-corrected chi connectivity index (χ0v) is 12.3. The van der Waals surface area contributed by atoms with Gasteiger partial charge in [0, 0.05) is 6.07 Å². The fourth-order valence-corrected chi connectivity index (χ4v) is 2.10. The van der Waals surface area contributed by atoms with Crippen LogP contribution in [0.15, 0.2) is 40.9 Å². The minimum absolute atomic E-state index is 0.00586. The summed E-state index contributed by atoms with van der Waals surface area (Å²) >= 11 is 3.25. The zero-order chi connectivity index (χ0) is 14.5. The molecule has 0 spiro atoms. The molecule has 0 saturated heterocycles. The molecule has 0 aliphatic carbocycles. The Morgan fingerprint density at radius 1 is 1.25 bits per heavy atom. The first kappa shape index (κ1) is 14.5. The van der Waals surface area contributed by atoms with Crippen LogP contribution in [-0.4, -0.2) is 13.4 Å². The summed E-state index contributed by atoms with van der Waals surface area (Å²) in [6.07, 6.45) is 0.466. The number of methoxy groups -OCH3 is 1. The molecular weight excluding hydrogens is 327 g/mol. The summed E-state index contributed by atoms with van der Waals surface area (Å²) < 4.78 is 24.6. The molecule has 20 heavy (non-hydrogen) atoms.